The number of nitrogens with one attached hydrogen (secondary N) is 1. The Hall–Kier alpha value is -2.58. The number of sulfonamides is 1. The van der Waals surface area contributed by atoms with E-state index in [1.54, 1.807) is 18.2 Å². The molecule has 0 unspecified atom stereocenters. The van der Waals surface area contributed by atoms with Crippen LogP contribution < -0.4 is 14.8 Å². The highest BCUT2D eigenvalue weighted by atomic mass is 32.2. The third kappa shape index (κ3) is 5.97. The number of aryl methyl sites for hydroxylation is 1. The van der Waals surface area contributed by atoms with Crippen LogP contribution in [0.25, 0.3) is 0 Å². The van der Waals surface area contributed by atoms with Gasteiger partial charge in [-0.15, -0.1) is 0 Å². The molecule has 0 atom stereocenters. The smallest absolute Gasteiger partial charge is 0.239 e. The molecule has 0 radical (unpaired) electrons. The summed E-state index contributed by atoms with van der Waals surface area (Å²) in [4.78, 5) is 12.4. The van der Waals surface area contributed by atoms with Gasteiger partial charge in [-0.1, -0.05) is 29.8 Å². The highest BCUT2D eigenvalue weighted by molar-refractivity contribution is 7.88. The van der Waals surface area contributed by atoms with Crippen LogP contribution in [0.5, 0.6) is 11.5 Å². The Bertz CT molecular complexity index is 912. The molecule has 146 valence electrons. The van der Waals surface area contributed by atoms with Crippen LogP contribution in [-0.4, -0.2) is 45.7 Å². The zero-order chi connectivity index (χ0) is 20.0. The molecule has 0 saturated carbocycles. The maximum absolute atomic E-state index is 12.4. The van der Waals surface area contributed by atoms with E-state index in [1.807, 2.05) is 31.2 Å². The Morgan fingerprint density at radius 1 is 1.11 bits per heavy atom. The Morgan fingerprint density at radius 3 is 2.44 bits per heavy atom. The number of anilines is 1. The molecule has 7 nitrogen and oxygen atoms in total. The molecule has 0 bridgehead atoms. The number of carbonyl (C=O) groups excluding carboxylic acids is 1. The van der Waals surface area contributed by atoms with Crippen LogP contribution in [0.2, 0.25) is 0 Å². The summed E-state index contributed by atoms with van der Waals surface area (Å²) in [6.07, 6.45) is 1.09. The number of benzene rings is 2. The van der Waals surface area contributed by atoms with E-state index in [0.29, 0.717) is 17.2 Å². The van der Waals surface area contributed by atoms with Gasteiger partial charge in [-0.3, -0.25) is 4.79 Å². The van der Waals surface area contributed by atoms with Crippen LogP contribution in [-0.2, 0) is 21.4 Å². The van der Waals surface area contributed by atoms with Crippen molar-refractivity contribution in [2.24, 2.45) is 0 Å². The molecular weight excluding hydrogens is 368 g/mol. The molecule has 27 heavy (non-hydrogen) atoms. The third-order valence-electron chi connectivity index (χ3n) is 3.91. The molecule has 8 heteroatoms. The molecule has 2 rings (SSSR count). The van der Waals surface area contributed by atoms with Gasteiger partial charge in [0.2, 0.25) is 15.9 Å². The Labute approximate surface area is 160 Å². The zero-order valence-electron chi connectivity index (χ0n) is 15.9. The molecule has 0 aromatic heterocycles. The molecule has 2 aromatic carbocycles. The van der Waals surface area contributed by atoms with Crippen LogP contribution in [0.3, 0.4) is 0 Å². The van der Waals surface area contributed by atoms with E-state index in [-0.39, 0.29) is 13.1 Å². The van der Waals surface area contributed by atoms with Gasteiger partial charge in [-0.2, -0.15) is 4.31 Å². The fourth-order valence-electron chi connectivity index (χ4n) is 2.56. The fraction of sp³-hybridized carbons (Fsp3) is 0.316. The van der Waals surface area contributed by atoms with Crippen molar-refractivity contribution in [1.82, 2.24) is 4.31 Å². The van der Waals surface area contributed by atoms with Crippen LogP contribution in [0.4, 0.5) is 5.69 Å². The van der Waals surface area contributed by atoms with Crippen molar-refractivity contribution < 1.29 is 22.7 Å². The first kappa shape index (κ1) is 20.7. The second kappa shape index (κ2) is 8.88. The van der Waals surface area contributed by atoms with E-state index in [1.165, 1.54) is 14.2 Å². The first-order valence-corrected chi connectivity index (χ1v) is 10.1. The molecule has 0 aliphatic carbocycles. The largest absolute Gasteiger partial charge is 0.497 e. The zero-order valence-corrected chi connectivity index (χ0v) is 16.7. The summed E-state index contributed by atoms with van der Waals surface area (Å²) >= 11 is 0. The van der Waals surface area contributed by atoms with Crippen molar-refractivity contribution in [1.29, 1.82) is 0 Å². The van der Waals surface area contributed by atoms with Crippen LogP contribution in [0, 0.1) is 6.92 Å². The van der Waals surface area contributed by atoms with E-state index in [2.05, 4.69) is 5.32 Å². The van der Waals surface area contributed by atoms with Gasteiger partial charge in [-0.25, -0.2) is 8.42 Å². The van der Waals surface area contributed by atoms with Crippen LogP contribution >= 0.6 is 0 Å². The highest BCUT2D eigenvalue weighted by Gasteiger charge is 2.21. The molecule has 2 aromatic rings. The molecule has 1 N–H and O–H groups in total. The number of nitrogens with zero attached hydrogens (tertiary/aromatic N) is 1. The number of hydrogen-bond acceptors (Lipinski definition) is 5. The normalized spacial score (nSPS) is 11.3. The minimum Gasteiger partial charge on any atom is -0.497 e. The van der Waals surface area contributed by atoms with Gasteiger partial charge in [-0.05, 0) is 24.6 Å². The average molecular weight is 392 g/mol. The number of rotatable bonds is 8. The first-order chi connectivity index (χ1) is 12.7. The Balaban J connectivity index is 2.15. The Kier molecular flexibility index (Phi) is 6.81. The molecule has 0 saturated heterocycles. The van der Waals surface area contributed by atoms with Crippen LogP contribution in [0.15, 0.2) is 42.5 Å². The molecule has 0 aliphatic rings. The second-order valence-corrected chi connectivity index (χ2v) is 8.12. The molecular formula is C19H24N2O5S. The number of ether oxygens (including phenoxy) is 2. The summed E-state index contributed by atoms with van der Waals surface area (Å²) in [6.45, 7) is 1.74. The van der Waals surface area contributed by atoms with Crippen molar-refractivity contribution in [3.8, 4) is 11.5 Å². The fourth-order valence-corrected chi connectivity index (χ4v) is 3.29. The summed E-state index contributed by atoms with van der Waals surface area (Å²) in [6, 6.07) is 12.5. The topological polar surface area (TPSA) is 84.9 Å². The quantitative estimate of drug-likeness (QED) is 0.746. The number of carbonyl (C=O) groups is 1. The lowest BCUT2D eigenvalue weighted by Gasteiger charge is -2.20. The SMILES string of the molecule is COc1ccc(NC(=O)CN(Cc2cccc(C)c2)S(C)(=O)=O)c(OC)c1. The highest BCUT2D eigenvalue weighted by Crippen LogP contribution is 2.29. The van der Waals surface area contributed by atoms with E-state index >= 15 is 0 Å². The molecule has 0 heterocycles. The predicted octanol–water partition coefficient (Wildman–Crippen LogP) is 2.41. The minimum atomic E-state index is -3.57. The molecule has 0 spiro atoms. The molecule has 1 amide bonds. The summed E-state index contributed by atoms with van der Waals surface area (Å²) in [5.41, 5.74) is 2.27. The standard InChI is InChI=1S/C19H24N2O5S/c1-14-6-5-7-15(10-14)12-21(27(4,23)24)13-19(22)20-17-9-8-16(25-2)11-18(17)26-3/h5-11H,12-13H2,1-4H3,(H,20,22). The first-order valence-electron chi connectivity index (χ1n) is 8.25. The predicted molar refractivity (Wildman–Crippen MR) is 105 cm³/mol. The van der Waals surface area contributed by atoms with E-state index in [4.69, 9.17) is 9.47 Å². The number of methoxy groups -OCH3 is 2. The van der Waals surface area contributed by atoms with Crippen molar-refractivity contribution in [3.63, 3.8) is 0 Å². The van der Waals surface area contributed by atoms with Gasteiger partial charge in [0.05, 0.1) is 32.7 Å². The summed E-state index contributed by atoms with van der Waals surface area (Å²) < 4.78 is 35.7. The van der Waals surface area contributed by atoms with Crippen LogP contribution in [0.1, 0.15) is 11.1 Å². The summed E-state index contributed by atoms with van der Waals surface area (Å²) in [7, 11) is -0.561. The number of amides is 1. The minimum absolute atomic E-state index is 0.119. The maximum atomic E-state index is 12.4. The lowest BCUT2D eigenvalue weighted by molar-refractivity contribution is -0.116. The van der Waals surface area contributed by atoms with Crippen molar-refractivity contribution in [3.05, 3.63) is 53.6 Å². The lowest BCUT2D eigenvalue weighted by Crippen LogP contribution is -2.37. The van der Waals surface area contributed by atoms with E-state index < -0.39 is 15.9 Å². The number of hydrogen-bond donors (Lipinski definition) is 1. The van der Waals surface area contributed by atoms with Gasteiger partial charge < -0.3 is 14.8 Å². The van der Waals surface area contributed by atoms with Gasteiger partial charge in [0.15, 0.2) is 0 Å². The maximum Gasteiger partial charge on any atom is 0.239 e. The van der Waals surface area contributed by atoms with Crippen molar-refractivity contribution >= 4 is 21.6 Å². The molecule has 0 fully saturated rings. The third-order valence-corrected chi connectivity index (χ3v) is 5.11. The van der Waals surface area contributed by atoms with E-state index in [0.717, 1.165) is 21.7 Å². The monoisotopic (exact) mass is 392 g/mol. The van der Waals surface area contributed by atoms with Crippen molar-refractivity contribution in [2.75, 3.05) is 32.3 Å². The van der Waals surface area contributed by atoms with Gasteiger partial charge >= 0.3 is 0 Å². The van der Waals surface area contributed by atoms with Gasteiger partial charge in [0.25, 0.3) is 0 Å². The molecule has 0 aliphatic heterocycles. The van der Waals surface area contributed by atoms with Gasteiger partial charge in [0.1, 0.15) is 11.5 Å². The van der Waals surface area contributed by atoms with E-state index in [9.17, 15) is 13.2 Å². The van der Waals surface area contributed by atoms with Gasteiger partial charge in [0, 0.05) is 12.6 Å². The Morgan fingerprint density at radius 2 is 1.85 bits per heavy atom. The van der Waals surface area contributed by atoms with Crippen molar-refractivity contribution in [2.45, 2.75) is 13.5 Å². The average Bonchev–Trinajstić information content (AvgIpc) is 2.60. The summed E-state index contributed by atoms with van der Waals surface area (Å²) in [5.74, 6) is 0.547. The second-order valence-electron chi connectivity index (χ2n) is 6.13. The lowest BCUT2D eigenvalue weighted by atomic mass is 10.1. The summed E-state index contributed by atoms with van der Waals surface area (Å²) in [5, 5.41) is 2.69.